The molecular formula is C17H20FNO. The predicted octanol–water partition coefficient (Wildman–Crippen LogP) is 3.73. The van der Waals surface area contributed by atoms with Gasteiger partial charge in [-0.15, -0.1) is 0 Å². The SMILES string of the molecule is CCNC(Cc1cccc(OC)c1)c1cccc(F)c1. The molecule has 0 radical (unpaired) electrons. The predicted molar refractivity (Wildman–Crippen MR) is 79.5 cm³/mol. The molecule has 20 heavy (non-hydrogen) atoms. The van der Waals surface area contributed by atoms with Crippen molar-refractivity contribution in [1.82, 2.24) is 5.32 Å². The van der Waals surface area contributed by atoms with Crippen LogP contribution in [0.4, 0.5) is 4.39 Å². The third kappa shape index (κ3) is 3.81. The summed E-state index contributed by atoms with van der Waals surface area (Å²) in [5, 5.41) is 3.40. The van der Waals surface area contributed by atoms with Gasteiger partial charge in [-0.2, -0.15) is 0 Å². The minimum absolute atomic E-state index is 0.0998. The van der Waals surface area contributed by atoms with Gasteiger partial charge in [0.25, 0.3) is 0 Å². The van der Waals surface area contributed by atoms with E-state index < -0.39 is 0 Å². The number of rotatable bonds is 6. The van der Waals surface area contributed by atoms with Gasteiger partial charge in [-0.05, 0) is 48.4 Å². The maximum Gasteiger partial charge on any atom is 0.123 e. The van der Waals surface area contributed by atoms with E-state index >= 15 is 0 Å². The minimum Gasteiger partial charge on any atom is -0.497 e. The van der Waals surface area contributed by atoms with Crippen molar-refractivity contribution in [2.75, 3.05) is 13.7 Å². The highest BCUT2D eigenvalue weighted by atomic mass is 19.1. The van der Waals surface area contributed by atoms with Gasteiger partial charge in [0.1, 0.15) is 11.6 Å². The number of halogens is 1. The zero-order valence-corrected chi connectivity index (χ0v) is 11.9. The maximum absolute atomic E-state index is 13.4. The molecule has 106 valence electrons. The van der Waals surface area contributed by atoms with Gasteiger partial charge in [0.2, 0.25) is 0 Å². The second kappa shape index (κ2) is 7.06. The molecule has 0 fully saturated rings. The van der Waals surface area contributed by atoms with E-state index in [-0.39, 0.29) is 11.9 Å². The highest BCUT2D eigenvalue weighted by Gasteiger charge is 2.12. The molecule has 2 rings (SSSR count). The lowest BCUT2D eigenvalue weighted by atomic mass is 9.98. The van der Waals surface area contributed by atoms with Crippen molar-refractivity contribution in [3.8, 4) is 5.75 Å². The molecule has 0 aliphatic heterocycles. The van der Waals surface area contributed by atoms with Crippen LogP contribution in [0.1, 0.15) is 24.1 Å². The molecule has 2 aromatic rings. The van der Waals surface area contributed by atoms with Crippen LogP contribution in [-0.4, -0.2) is 13.7 Å². The summed E-state index contributed by atoms with van der Waals surface area (Å²) in [5.74, 6) is 0.646. The van der Waals surface area contributed by atoms with Gasteiger partial charge in [0.05, 0.1) is 7.11 Å². The second-order valence-corrected chi connectivity index (χ2v) is 4.72. The molecule has 3 heteroatoms. The quantitative estimate of drug-likeness (QED) is 0.866. The van der Waals surface area contributed by atoms with Crippen LogP contribution in [-0.2, 0) is 6.42 Å². The largest absolute Gasteiger partial charge is 0.497 e. The smallest absolute Gasteiger partial charge is 0.123 e. The van der Waals surface area contributed by atoms with Gasteiger partial charge >= 0.3 is 0 Å². The van der Waals surface area contributed by atoms with E-state index in [4.69, 9.17) is 4.74 Å². The Morgan fingerprint density at radius 1 is 1.15 bits per heavy atom. The van der Waals surface area contributed by atoms with Crippen molar-refractivity contribution < 1.29 is 9.13 Å². The standard InChI is InChI=1S/C17H20FNO/c1-3-19-17(14-7-5-8-15(18)12-14)11-13-6-4-9-16(10-13)20-2/h4-10,12,17,19H,3,11H2,1-2H3. The lowest BCUT2D eigenvalue weighted by Gasteiger charge is -2.19. The summed E-state index contributed by atoms with van der Waals surface area (Å²) in [6.07, 6.45) is 0.800. The van der Waals surface area contributed by atoms with E-state index in [1.807, 2.05) is 24.3 Å². The number of nitrogens with one attached hydrogen (secondary N) is 1. The van der Waals surface area contributed by atoms with E-state index in [1.54, 1.807) is 19.2 Å². The molecule has 2 nitrogen and oxygen atoms in total. The molecule has 2 aromatic carbocycles. The number of hydrogen-bond donors (Lipinski definition) is 1. The zero-order chi connectivity index (χ0) is 14.4. The summed E-state index contributed by atoms with van der Waals surface area (Å²) < 4.78 is 18.6. The fourth-order valence-electron chi connectivity index (χ4n) is 2.31. The highest BCUT2D eigenvalue weighted by Crippen LogP contribution is 2.21. The lowest BCUT2D eigenvalue weighted by molar-refractivity contribution is 0.414. The summed E-state index contributed by atoms with van der Waals surface area (Å²) >= 11 is 0. The van der Waals surface area contributed by atoms with Crippen LogP contribution in [0.3, 0.4) is 0 Å². The summed E-state index contributed by atoms with van der Waals surface area (Å²) in [6.45, 7) is 2.89. The van der Waals surface area contributed by atoms with Crippen LogP contribution in [0, 0.1) is 5.82 Å². The fraction of sp³-hybridized carbons (Fsp3) is 0.294. The summed E-state index contributed by atoms with van der Waals surface area (Å²) in [4.78, 5) is 0. The summed E-state index contributed by atoms with van der Waals surface area (Å²) in [7, 11) is 1.66. The van der Waals surface area contributed by atoms with Gasteiger partial charge in [0.15, 0.2) is 0 Å². The first kappa shape index (κ1) is 14.5. The Labute approximate surface area is 119 Å². The summed E-state index contributed by atoms with van der Waals surface area (Å²) in [6, 6.07) is 14.8. The van der Waals surface area contributed by atoms with Crippen LogP contribution in [0.25, 0.3) is 0 Å². The van der Waals surface area contributed by atoms with Gasteiger partial charge in [-0.3, -0.25) is 0 Å². The van der Waals surface area contributed by atoms with Crippen LogP contribution < -0.4 is 10.1 Å². The number of hydrogen-bond acceptors (Lipinski definition) is 2. The van der Waals surface area contributed by atoms with Crippen molar-refractivity contribution in [1.29, 1.82) is 0 Å². The minimum atomic E-state index is -0.198. The molecule has 0 saturated heterocycles. The monoisotopic (exact) mass is 273 g/mol. The van der Waals surface area contributed by atoms with Crippen LogP contribution >= 0.6 is 0 Å². The average Bonchev–Trinajstić information content (AvgIpc) is 2.47. The van der Waals surface area contributed by atoms with Gasteiger partial charge in [0, 0.05) is 6.04 Å². The molecule has 0 aliphatic carbocycles. The normalized spacial score (nSPS) is 12.2. The maximum atomic E-state index is 13.4. The Morgan fingerprint density at radius 2 is 1.95 bits per heavy atom. The molecule has 0 amide bonds. The van der Waals surface area contributed by atoms with E-state index in [9.17, 15) is 4.39 Å². The van der Waals surface area contributed by atoms with E-state index in [2.05, 4.69) is 18.3 Å². The topological polar surface area (TPSA) is 21.3 Å². The van der Waals surface area contributed by atoms with Gasteiger partial charge < -0.3 is 10.1 Å². The highest BCUT2D eigenvalue weighted by molar-refractivity contribution is 5.30. The van der Waals surface area contributed by atoms with Crippen LogP contribution in [0.2, 0.25) is 0 Å². The molecule has 1 N–H and O–H groups in total. The molecule has 0 spiro atoms. The van der Waals surface area contributed by atoms with E-state index in [0.29, 0.717) is 0 Å². The fourth-order valence-corrected chi connectivity index (χ4v) is 2.31. The van der Waals surface area contributed by atoms with Crippen LogP contribution in [0.15, 0.2) is 48.5 Å². The Bertz CT molecular complexity index is 556. The van der Waals surface area contributed by atoms with Crippen LogP contribution in [0.5, 0.6) is 5.75 Å². The first-order valence-electron chi connectivity index (χ1n) is 6.84. The van der Waals surface area contributed by atoms with E-state index in [1.165, 1.54) is 11.6 Å². The number of likely N-dealkylation sites (N-methyl/N-ethyl adjacent to an activating group) is 1. The van der Waals surface area contributed by atoms with Gasteiger partial charge in [-0.25, -0.2) is 4.39 Å². The molecule has 1 unspecified atom stereocenters. The number of benzene rings is 2. The molecule has 1 atom stereocenters. The molecule has 0 bridgehead atoms. The lowest BCUT2D eigenvalue weighted by Crippen LogP contribution is -2.23. The van der Waals surface area contributed by atoms with E-state index in [0.717, 1.165) is 24.3 Å². The Hall–Kier alpha value is -1.87. The first-order valence-corrected chi connectivity index (χ1v) is 6.84. The molecule has 0 saturated carbocycles. The Morgan fingerprint density at radius 3 is 2.65 bits per heavy atom. The van der Waals surface area contributed by atoms with Crippen molar-refractivity contribution in [3.63, 3.8) is 0 Å². The first-order chi connectivity index (χ1) is 9.72. The van der Waals surface area contributed by atoms with Crippen molar-refractivity contribution in [3.05, 3.63) is 65.5 Å². The second-order valence-electron chi connectivity index (χ2n) is 4.72. The van der Waals surface area contributed by atoms with Gasteiger partial charge in [-0.1, -0.05) is 31.2 Å². The molecule has 0 aromatic heterocycles. The summed E-state index contributed by atoms with van der Waals surface area (Å²) in [5.41, 5.74) is 2.13. The average molecular weight is 273 g/mol. The Balaban J connectivity index is 2.20. The number of methoxy groups -OCH3 is 1. The zero-order valence-electron chi connectivity index (χ0n) is 11.9. The van der Waals surface area contributed by atoms with Crippen molar-refractivity contribution >= 4 is 0 Å². The molecular weight excluding hydrogens is 253 g/mol. The van der Waals surface area contributed by atoms with Crippen molar-refractivity contribution in [2.24, 2.45) is 0 Å². The third-order valence-corrected chi connectivity index (χ3v) is 3.28. The molecule has 0 heterocycles. The Kier molecular flexibility index (Phi) is 5.13. The number of ether oxygens (including phenoxy) is 1. The third-order valence-electron chi connectivity index (χ3n) is 3.28. The van der Waals surface area contributed by atoms with Crippen molar-refractivity contribution in [2.45, 2.75) is 19.4 Å². The molecule has 0 aliphatic rings.